The normalized spacial score (nSPS) is 10.9. The number of ether oxygens (including phenoxy) is 1. The molecule has 0 amide bonds. The van der Waals surface area contributed by atoms with Gasteiger partial charge in [-0.3, -0.25) is 0 Å². The number of methoxy groups -OCH3 is 1. The Hall–Kier alpha value is -2.81. The van der Waals surface area contributed by atoms with Crippen LogP contribution in [0.2, 0.25) is 0 Å². The zero-order chi connectivity index (χ0) is 18.0. The van der Waals surface area contributed by atoms with Crippen LogP contribution in [0.15, 0.2) is 63.8 Å². The number of benzene rings is 2. The average Bonchev–Trinajstić information content (AvgIpc) is 2.64. The van der Waals surface area contributed by atoms with Crippen molar-refractivity contribution in [3.8, 4) is 28.0 Å². The van der Waals surface area contributed by atoms with Crippen molar-refractivity contribution in [2.75, 3.05) is 7.11 Å². The van der Waals surface area contributed by atoms with Crippen molar-refractivity contribution >= 4 is 0 Å². The number of rotatable bonds is 4. The van der Waals surface area contributed by atoms with Gasteiger partial charge in [0.2, 0.25) is 0 Å². The average molecular weight is 334 g/mol. The van der Waals surface area contributed by atoms with E-state index in [4.69, 9.17) is 9.15 Å². The van der Waals surface area contributed by atoms with E-state index in [1.54, 1.807) is 7.11 Å². The van der Waals surface area contributed by atoms with Gasteiger partial charge in [-0.25, -0.2) is 4.79 Å². The fraction of sp³-hybridized carbons (Fsp3) is 0.227. The van der Waals surface area contributed by atoms with E-state index in [1.165, 1.54) is 0 Å². The van der Waals surface area contributed by atoms with Crippen LogP contribution in [-0.2, 0) is 0 Å². The number of hydrogen-bond donors (Lipinski definition) is 0. The maximum Gasteiger partial charge on any atom is 0.339 e. The van der Waals surface area contributed by atoms with Gasteiger partial charge in [0.25, 0.3) is 0 Å². The van der Waals surface area contributed by atoms with E-state index in [0.29, 0.717) is 11.3 Å². The molecular weight excluding hydrogens is 312 g/mol. The summed E-state index contributed by atoms with van der Waals surface area (Å²) in [5.41, 5.74) is 4.27. The molecule has 0 saturated heterocycles. The van der Waals surface area contributed by atoms with Gasteiger partial charge in [-0.2, -0.15) is 0 Å². The fourth-order valence-electron chi connectivity index (χ4n) is 3.06. The Balaban J connectivity index is 2.37. The first-order valence-electron chi connectivity index (χ1n) is 8.40. The summed E-state index contributed by atoms with van der Waals surface area (Å²) in [5.74, 6) is 1.60. The molecule has 128 valence electrons. The molecule has 3 aromatic rings. The van der Waals surface area contributed by atoms with Crippen molar-refractivity contribution in [3.05, 3.63) is 76.3 Å². The molecule has 0 unspecified atom stereocenters. The summed E-state index contributed by atoms with van der Waals surface area (Å²) in [6, 6.07) is 17.9. The molecule has 2 aromatic carbocycles. The lowest BCUT2D eigenvalue weighted by Crippen LogP contribution is -2.11. The lowest BCUT2D eigenvalue weighted by Gasteiger charge is -2.18. The van der Waals surface area contributed by atoms with E-state index in [2.05, 4.69) is 0 Å². The second kappa shape index (κ2) is 6.98. The molecule has 0 saturated carbocycles. The molecule has 0 atom stereocenters. The Morgan fingerprint density at radius 2 is 1.48 bits per heavy atom. The lowest BCUT2D eigenvalue weighted by molar-refractivity contribution is 0.415. The summed E-state index contributed by atoms with van der Waals surface area (Å²) in [7, 11) is 1.64. The van der Waals surface area contributed by atoms with Crippen LogP contribution >= 0.6 is 0 Å². The molecule has 0 radical (unpaired) electrons. The van der Waals surface area contributed by atoms with Crippen molar-refractivity contribution in [1.82, 2.24) is 0 Å². The third kappa shape index (κ3) is 3.22. The predicted octanol–water partition coefficient (Wildman–Crippen LogP) is 5.41. The smallest absolute Gasteiger partial charge is 0.339 e. The molecule has 25 heavy (non-hydrogen) atoms. The SMILES string of the molecule is COc1ccc(-c2c(-c3ccccc3)c(C(C)C)oc(=O)c2C)cc1. The van der Waals surface area contributed by atoms with Gasteiger partial charge in [0.05, 0.1) is 7.11 Å². The molecule has 0 fully saturated rings. The highest BCUT2D eigenvalue weighted by Gasteiger charge is 2.21. The van der Waals surface area contributed by atoms with Crippen molar-refractivity contribution in [3.63, 3.8) is 0 Å². The van der Waals surface area contributed by atoms with E-state index in [0.717, 1.165) is 28.0 Å². The molecule has 0 aliphatic carbocycles. The van der Waals surface area contributed by atoms with Gasteiger partial charge in [-0.1, -0.05) is 56.3 Å². The van der Waals surface area contributed by atoms with E-state index in [-0.39, 0.29) is 11.5 Å². The molecule has 3 heteroatoms. The molecule has 0 bridgehead atoms. The predicted molar refractivity (Wildman–Crippen MR) is 101 cm³/mol. The Morgan fingerprint density at radius 3 is 2.04 bits per heavy atom. The van der Waals surface area contributed by atoms with Crippen molar-refractivity contribution in [1.29, 1.82) is 0 Å². The topological polar surface area (TPSA) is 39.4 Å². The van der Waals surface area contributed by atoms with Gasteiger partial charge in [-0.15, -0.1) is 0 Å². The van der Waals surface area contributed by atoms with Crippen LogP contribution in [0.3, 0.4) is 0 Å². The molecular formula is C22H22O3. The largest absolute Gasteiger partial charge is 0.497 e. The van der Waals surface area contributed by atoms with Crippen molar-refractivity contribution in [2.24, 2.45) is 0 Å². The van der Waals surface area contributed by atoms with E-state index >= 15 is 0 Å². The molecule has 1 heterocycles. The maximum atomic E-state index is 12.5. The van der Waals surface area contributed by atoms with Crippen LogP contribution in [0.4, 0.5) is 0 Å². The molecule has 0 spiro atoms. The summed E-state index contributed by atoms with van der Waals surface area (Å²) in [6.07, 6.45) is 0. The maximum absolute atomic E-state index is 12.5. The molecule has 0 aliphatic rings. The van der Waals surface area contributed by atoms with Crippen LogP contribution < -0.4 is 10.4 Å². The van der Waals surface area contributed by atoms with Gasteiger partial charge < -0.3 is 9.15 Å². The minimum absolute atomic E-state index is 0.0977. The standard InChI is InChI=1S/C22H22O3/c1-14(2)21-20(16-8-6-5-7-9-16)19(15(3)22(23)25-21)17-10-12-18(24-4)13-11-17/h5-14H,1-4H3. The Bertz CT molecular complexity index is 920. The highest BCUT2D eigenvalue weighted by Crippen LogP contribution is 2.39. The third-order valence-electron chi connectivity index (χ3n) is 4.35. The van der Waals surface area contributed by atoms with Crippen molar-refractivity contribution < 1.29 is 9.15 Å². The monoisotopic (exact) mass is 334 g/mol. The highest BCUT2D eigenvalue weighted by molar-refractivity contribution is 5.86. The number of hydrogen-bond acceptors (Lipinski definition) is 3. The molecule has 0 aliphatic heterocycles. The fourth-order valence-corrected chi connectivity index (χ4v) is 3.06. The molecule has 3 nitrogen and oxygen atoms in total. The quantitative estimate of drug-likeness (QED) is 0.640. The Morgan fingerprint density at radius 1 is 0.880 bits per heavy atom. The van der Waals surface area contributed by atoms with Gasteiger partial charge in [0.15, 0.2) is 0 Å². The van der Waals surface area contributed by atoms with Gasteiger partial charge in [0, 0.05) is 22.6 Å². The van der Waals surface area contributed by atoms with Crippen LogP contribution in [0, 0.1) is 6.92 Å². The summed E-state index contributed by atoms with van der Waals surface area (Å²) >= 11 is 0. The summed E-state index contributed by atoms with van der Waals surface area (Å²) in [4.78, 5) is 12.5. The van der Waals surface area contributed by atoms with Crippen LogP contribution in [0.1, 0.15) is 31.1 Å². The summed E-state index contributed by atoms with van der Waals surface area (Å²) < 4.78 is 10.9. The van der Waals surface area contributed by atoms with Gasteiger partial charge in [-0.05, 0) is 30.2 Å². The van der Waals surface area contributed by atoms with Crippen LogP contribution in [0.25, 0.3) is 22.3 Å². The Labute approximate surface area is 147 Å². The first-order chi connectivity index (χ1) is 12.0. The first-order valence-corrected chi connectivity index (χ1v) is 8.40. The minimum Gasteiger partial charge on any atom is -0.497 e. The molecule has 3 rings (SSSR count). The Kier molecular flexibility index (Phi) is 4.75. The lowest BCUT2D eigenvalue weighted by atomic mass is 9.88. The van der Waals surface area contributed by atoms with Gasteiger partial charge >= 0.3 is 5.63 Å². The highest BCUT2D eigenvalue weighted by atomic mass is 16.5. The molecule has 1 aromatic heterocycles. The second-order valence-corrected chi connectivity index (χ2v) is 6.38. The summed E-state index contributed by atoms with van der Waals surface area (Å²) in [6.45, 7) is 5.90. The van der Waals surface area contributed by atoms with E-state index in [9.17, 15) is 4.79 Å². The second-order valence-electron chi connectivity index (χ2n) is 6.38. The molecule has 0 N–H and O–H groups in total. The zero-order valence-corrected chi connectivity index (χ0v) is 15.0. The minimum atomic E-state index is -0.283. The van der Waals surface area contributed by atoms with E-state index in [1.807, 2.05) is 75.4 Å². The first kappa shape index (κ1) is 17.0. The van der Waals surface area contributed by atoms with E-state index < -0.39 is 0 Å². The van der Waals surface area contributed by atoms with Crippen LogP contribution in [0.5, 0.6) is 5.75 Å². The van der Waals surface area contributed by atoms with Crippen molar-refractivity contribution in [2.45, 2.75) is 26.7 Å². The summed E-state index contributed by atoms with van der Waals surface area (Å²) in [5, 5.41) is 0. The van der Waals surface area contributed by atoms with Gasteiger partial charge in [0.1, 0.15) is 11.5 Å². The third-order valence-corrected chi connectivity index (χ3v) is 4.35. The zero-order valence-electron chi connectivity index (χ0n) is 15.0. The van der Waals surface area contributed by atoms with Crippen LogP contribution in [-0.4, -0.2) is 7.11 Å².